The quantitative estimate of drug-likeness (QED) is 0.490. The second-order valence-electron chi connectivity index (χ2n) is 6.76. The standard InChI is InChI=1S/C12H16F2O7S/c13-12(14,22(18,19)20)9(16)21-10-2-6-1-7(4-10)8(15)11(17,3-6)5-10/h6-8,15,17H,1-5H2,(H,18,19,20). The summed E-state index contributed by atoms with van der Waals surface area (Å²) >= 11 is 0. The molecule has 22 heavy (non-hydrogen) atoms. The fraction of sp³-hybridized carbons (Fsp3) is 0.917. The van der Waals surface area contributed by atoms with E-state index in [1.807, 2.05) is 0 Å². The Morgan fingerprint density at radius 1 is 1.27 bits per heavy atom. The Labute approximate surface area is 125 Å². The van der Waals surface area contributed by atoms with Crippen LogP contribution in [-0.4, -0.2) is 51.7 Å². The second kappa shape index (κ2) is 4.37. The molecule has 126 valence electrons. The third-order valence-electron chi connectivity index (χ3n) is 5.07. The van der Waals surface area contributed by atoms with Gasteiger partial charge in [-0.05, 0) is 37.5 Å². The van der Waals surface area contributed by atoms with Crippen LogP contribution >= 0.6 is 0 Å². The van der Waals surface area contributed by atoms with Crippen molar-refractivity contribution in [3.8, 4) is 0 Å². The molecule has 0 saturated heterocycles. The van der Waals surface area contributed by atoms with Gasteiger partial charge in [0.2, 0.25) is 0 Å². The Hall–Kier alpha value is -0.840. The van der Waals surface area contributed by atoms with Gasteiger partial charge in [-0.1, -0.05) is 0 Å². The van der Waals surface area contributed by atoms with Crippen molar-refractivity contribution in [1.82, 2.24) is 0 Å². The highest BCUT2D eigenvalue weighted by Gasteiger charge is 2.65. The molecule has 0 spiro atoms. The summed E-state index contributed by atoms with van der Waals surface area (Å²) in [6, 6.07) is 0. The lowest BCUT2D eigenvalue weighted by Gasteiger charge is -2.61. The summed E-state index contributed by atoms with van der Waals surface area (Å²) < 4.78 is 61.1. The SMILES string of the molecule is O=C(OC12CC3CC(C1)C(O)C(O)(C3)C2)C(F)(F)S(=O)(=O)O. The number of halogens is 2. The van der Waals surface area contributed by atoms with E-state index in [0.29, 0.717) is 12.8 Å². The molecule has 4 rings (SSSR count). The summed E-state index contributed by atoms with van der Waals surface area (Å²) in [6.45, 7) is 0. The van der Waals surface area contributed by atoms with Gasteiger partial charge >= 0.3 is 21.3 Å². The van der Waals surface area contributed by atoms with Gasteiger partial charge in [-0.2, -0.15) is 17.2 Å². The Bertz CT molecular complexity index is 621. The van der Waals surface area contributed by atoms with Gasteiger partial charge in [-0.15, -0.1) is 0 Å². The molecule has 10 heteroatoms. The average Bonchev–Trinajstić information content (AvgIpc) is 2.32. The maximum Gasteiger partial charge on any atom is 0.465 e. The molecule has 0 aliphatic heterocycles. The van der Waals surface area contributed by atoms with E-state index in [1.165, 1.54) is 0 Å². The molecule has 0 aromatic carbocycles. The number of ether oxygens (including phenoxy) is 1. The predicted molar refractivity (Wildman–Crippen MR) is 66.3 cm³/mol. The van der Waals surface area contributed by atoms with E-state index >= 15 is 0 Å². The van der Waals surface area contributed by atoms with E-state index in [-0.39, 0.29) is 25.2 Å². The Morgan fingerprint density at radius 3 is 2.45 bits per heavy atom. The fourth-order valence-electron chi connectivity index (χ4n) is 4.50. The lowest BCUT2D eigenvalue weighted by atomic mass is 9.51. The van der Waals surface area contributed by atoms with Crippen molar-refractivity contribution in [3.63, 3.8) is 0 Å². The van der Waals surface area contributed by atoms with Crippen LogP contribution < -0.4 is 0 Å². The van der Waals surface area contributed by atoms with Crippen molar-refractivity contribution < 1.29 is 41.5 Å². The summed E-state index contributed by atoms with van der Waals surface area (Å²) in [4.78, 5) is 11.5. The number of alkyl halides is 2. The topological polar surface area (TPSA) is 121 Å². The van der Waals surface area contributed by atoms with Gasteiger partial charge in [-0.25, -0.2) is 4.79 Å². The molecule has 3 N–H and O–H groups in total. The number of hydrogen-bond donors (Lipinski definition) is 3. The molecule has 0 radical (unpaired) electrons. The van der Waals surface area contributed by atoms with Crippen LogP contribution in [0.5, 0.6) is 0 Å². The van der Waals surface area contributed by atoms with E-state index in [4.69, 9.17) is 9.29 Å². The Balaban J connectivity index is 1.86. The van der Waals surface area contributed by atoms with E-state index in [1.54, 1.807) is 0 Å². The first-order valence-corrected chi connectivity index (χ1v) is 8.31. The highest BCUT2D eigenvalue weighted by atomic mass is 32.2. The molecule has 0 amide bonds. The van der Waals surface area contributed by atoms with Crippen molar-refractivity contribution in [1.29, 1.82) is 0 Å². The van der Waals surface area contributed by atoms with E-state index in [0.717, 1.165) is 0 Å². The predicted octanol–water partition coefficient (Wildman–Crippen LogP) is 0.0647. The lowest BCUT2D eigenvalue weighted by Crippen LogP contribution is -2.67. The van der Waals surface area contributed by atoms with Crippen molar-refractivity contribution in [2.45, 2.75) is 54.7 Å². The van der Waals surface area contributed by atoms with Gasteiger partial charge in [-0.3, -0.25) is 4.55 Å². The van der Waals surface area contributed by atoms with Crippen LogP contribution in [0.2, 0.25) is 0 Å². The highest BCUT2D eigenvalue weighted by Crippen LogP contribution is 2.59. The number of esters is 1. The molecular formula is C12H16F2O7S. The molecule has 4 aliphatic rings. The van der Waals surface area contributed by atoms with Gasteiger partial charge in [0.05, 0.1) is 11.7 Å². The van der Waals surface area contributed by atoms with Gasteiger partial charge in [0.25, 0.3) is 0 Å². The summed E-state index contributed by atoms with van der Waals surface area (Å²) in [5, 5.41) is 15.4. The molecule has 5 atom stereocenters. The minimum atomic E-state index is -5.93. The Morgan fingerprint density at radius 2 is 1.91 bits per heavy atom. The van der Waals surface area contributed by atoms with Gasteiger partial charge in [0.15, 0.2) is 0 Å². The largest absolute Gasteiger partial charge is 0.465 e. The van der Waals surface area contributed by atoms with E-state index in [9.17, 15) is 32.2 Å². The molecular weight excluding hydrogens is 326 g/mol. The number of rotatable bonds is 3. The number of aliphatic hydroxyl groups is 2. The zero-order chi connectivity index (χ0) is 16.6. The zero-order valence-electron chi connectivity index (χ0n) is 11.4. The smallest absolute Gasteiger partial charge is 0.454 e. The highest BCUT2D eigenvalue weighted by molar-refractivity contribution is 7.87. The van der Waals surface area contributed by atoms with Crippen molar-refractivity contribution >= 4 is 16.1 Å². The summed E-state index contributed by atoms with van der Waals surface area (Å²) in [5.74, 6) is -2.83. The number of hydrogen-bond acceptors (Lipinski definition) is 6. The molecule has 4 fully saturated rings. The third kappa shape index (κ3) is 2.15. The fourth-order valence-corrected chi connectivity index (χ4v) is 4.75. The van der Waals surface area contributed by atoms with Crippen LogP contribution in [-0.2, 0) is 19.6 Å². The normalized spacial score (nSPS) is 44.1. The van der Waals surface area contributed by atoms with Gasteiger partial charge in [0.1, 0.15) is 5.60 Å². The summed E-state index contributed by atoms with van der Waals surface area (Å²) in [5.41, 5.74) is -2.94. The van der Waals surface area contributed by atoms with Crippen molar-refractivity contribution in [2.24, 2.45) is 11.8 Å². The summed E-state index contributed by atoms with van der Waals surface area (Å²) in [7, 11) is -5.93. The zero-order valence-corrected chi connectivity index (χ0v) is 12.2. The van der Waals surface area contributed by atoms with E-state index < -0.39 is 44.6 Å². The second-order valence-corrected chi connectivity index (χ2v) is 8.23. The first-order valence-electron chi connectivity index (χ1n) is 6.87. The average molecular weight is 342 g/mol. The summed E-state index contributed by atoms with van der Waals surface area (Å²) in [6.07, 6.45) is -0.0399. The molecule has 0 aromatic rings. The minimum Gasteiger partial charge on any atom is -0.454 e. The van der Waals surface area contributed by atoms with Crippen LogP contribution in [0.25, 0.3) is 0 Å². The first-order chi connectivity index (χ1) is 9.89. The molecule has 5 unspecified atom stereocenters. The third-order valence-corrected chi connectivity index (χ3v) is 5.88. The lowest BCUT2D eigenvalue weighted by molar-refractivity contribution is -0.264. The van der Waals surface area contributed by atoms with Crippen LogP contribution in [0, 0.1) is 11.8 Å². The molecule has 0 heterocycles. The molecule has 7 nitrogen and oxygen atoms in total. The Kier molecular flexibility index (Phi) is 3.18. The van der Waals surface area contributed by atoms with Gasteiger partial charge < -0.3 is 14.9 Å². The molecule has 4 aliphatic carbocycles. The van der Waals surface area contributed by atoms with Crippen LogP contribution in [0.15, 0.2) is 0 Å². The maximum absolute atomic E-state index is 13.4. The number of aliphatic hydroxyl groups excluding tert-OH is 1. The first kappa shape index (κ1) is 16.0. The number of carbonyl (C=O) groups is 1. The molecule has 4 saturated carbocycles. The van der Waals surface area contributed by atoms with Crippen molar-refractivity contribution in [3.05, 3.63) is 0 Å². The minimum absolute atomic E-state index is 0.0836. The number of carbonyl (C=O) groups excluding carboxylic acids is 1. The maximum atomic E-state index is 13.4. The van der Waals surface area contributed by atoms with Crippen LogP contribution in [0.1, 0.15) is 32.1 Å². The molecule has 0 aromatic heterocycles. The van der Waals surface area contributed by atoms with Crippen LogP contribution in [0.4, 0.5) is 8.78 Å². The molecule has 4 bridgehead atoms. The monoisotopic (exact) mass is 342 g/mol. The van der Waals surface area contributed by atoms with Crippen LogP contribution in [0.3, 0.4) is 0 Å². The van der Waals surface area contributed by atoms with E-state index in [2.05, 4.69) is 0 Å². The van der Waals surface area contributed by atoms with Crippen molar-refractivity contribution in [2.75, 3.05) is 0 Å². The van der Waals surface area contributed by atoms with Gasteiger partial charge in [0, 0.05) is 6.42 Å².